The van der Waals surface area contributed by atoms with Crippen LogP contribution in [0.3, 0.4) is 0 Å². The number of nitrogens with zero attached hydrogens (tertiary/aromatic N) is 4. The summed E-state index contributed by atoms with van der Waals surface area (Å²) in [6, 6.07) is 9.40. The number of hydrogen-bond donors (Lipinski definition) is 2. The van der Waals surface area contributed by atoms with Gasteiger partial charge in [0.1, 0.15) is 0 Å². The molecule has 0 saturated carbocycles. The zero-order valence-electron chi connectivity index (χ0n) is 15.4. The van der Waals surface area contributed by atoms with Gasteiger partial charge in [-0.25, -0.2) is 0 Å². The fourth-order valence-electron chi connectivity index (χ4n) is 4.21. The number of hydrazone groups is 1. The Balaban J connectivity index is 1.53. The molecular formula is C19H29N5O2. The standard InChI is InChI=1S/C19H29N5O2/c1-15-13-23(17-4-2-16(3-5-17)12-21-20)10-11-24(15)18-6-8-22(9-7-18)14-19(25)26/h2-5,12,15,18H,6-11,13-14,20H2,1H3,(H,25,26). The summed E-state index contributed by atoms with van der Waals surface area (Å²) in [5, 5.41) is 12.5. The van der Waals surface area contributed by atoms with E-state index in [2.05, 4.69) is 34.0 Å². The van der Waals surface area contributed by atoms with Gasteiger partial charge in [0, 0.05) is 50.5 Å². The van der Waals surface area contributed by atoms with Crippen molar-refractivity contribution in [1.29, 1.82) is 0 Å². The first-order valence-electron chi connectivity index (χ1n) is 9.35. The van der Waals surface area contributed by atoms with Gasteiger partial charge in [-0.1, -0.05) is 12.1 Å². The molecule has 1 aromatic rings. The van der Waals surface area contributed by atoms with Crippen molar-refractivity contribution in [2.45, 2.75) is 31.8 Å². The van der Waals surface area contributed by atoms with E-state index in [0.717, 1.165) is 51.1 Å². The monoisotopic (exact) mass is 359 g/mol. The van der Waals surface area contributed by atoms with E-state index in [1.807, 2.05) is 17.0 Å². The summed E-state index contributed by atoms with van der Waals surface area (Å²) in [6.07, 6.45) is 3.77. The zero-order valence-corrected chi connectivity index (χ0v) is 15.4. The molecule has 1 unspecified atom stereocenters. The Morgan fingerprint density at radius 1 is 1.23 bits per heavy atom. The van der Waals surface area contributed by atoms with E-state index in [-0.39, 0.29) is 6.54 Å². The predicted molar refractivity (Wildman–Crippen MR) is 104 cm³/mol. The number of hydrogen-bond acceptors (Lipinski definition) is 6. The second-order valence-corrected chi connectivity index (χ2v) is 7.30. The van der Waals surface area contributed by atoms with Gasteiger partial charge in [-0.3, -0.25) is 14.6 Å². The molecule has 0 spiro atoms. The Hall–Kier alpha value is -2.12. The van der Waals surface area contributed by atoms with Gasteiger partial charge in [-0.05, 0) is 37.5 Å². The molecule has 0 amide bonds. The third-order valence-corrected chi connectivity index (χ3v) is 5.55. The fraction of sp³-hybridized carbons (Fsp3) is 0.579. The van der Waals surface area contributed by atoms with Gasteiger partial charge in [-0.15, -0.1) is 0 Å². The maximum Gasteiger partial charge on any atom is 0.317 e. The predicted octanol–water partition coefficient (Wildman–Crippen LogP) is 1.04. The number of benzene rings is 1. The summed E-state index contributed by atoms with van der Waals surface area (Å²) in [7, 11) is 0. The van der Waals surface area contributed by atoms with Gasteiger partial charge >= 0.3 is 5.97 Å². The van der Waals surface area contributed by atoms with Crippen molar-refractivity contribution in [3.63, 3.8) is 0 Å². The molecule has 0 aromatic heterocycles. The first-order chi connectivity index (χ1) is 12.6. The van der Waals surface area contributed by atoms with Crippen LogP contribution >= 0.6 is 0 Å². The Kier molecular flexibility index (Phi) is 6.11. The number of carbonyl (C=O) groups is 1. The molecule has 2 fully saturated rings. The molecule has 2 aliphatic heterocycles. The lowest BCUT2D eigenvalue weighted by Crippen LogP contribution is -2.57. The molecule has 2 saturated heterocycles. The van der Waals surface area contributed by atoms with Crippen molar-refractivity contribution in [2.75, 3.05) is 44.2 Å². The number of likely N-dealkylation sites (tertiary alicyclic amines) is 1. The first-order valence-corrected chi connectivity index (χ1v) is 9.35. The minimum Gasteiger partial charge on any atom is -0.480 e. The van der Waals surface area contributed by atoms with Crippen molar-refractivity contribution in [1.82, 2.24) is 9.80 Å². The van der Waals surface area contributed by atoms with Gasteiger partial charge in [0.2, 0.25) is 0 Å². The van der Waals surface area contributed by atoms with Crippen molar-refractivity contribution in [2.24, 2.45) is 10.9 Å². The molecule has 7 heteroatoms. The molecule has 1 aromatic carbocycles. The Morgan fingerprint density at radius 2 is 1.92 bits per heavy atom. The largest absolute Gasteiger partial charge is 0.480 e. The number of rotatable bonds is 5. The summed E-state index contributed by atoms with van der Waals surface area (Å²) < 4.78 is 0. The minimum absolute atomic E-state index is 0.168. The van der Waals surface area contributed by atoms with Gasteiger partial charge in [-0.2, -0.15) is 5.10 Å². The van der Waals surface area contributed by atoms with Gasteiger partial charge in [0.15, 0.2) is 0 Å². The van der Waals surface area contributed by atoms with Crippen LogP contribution in [0.15, 0.2) is 29.4 Å². The summed E-state index contributed by atoms with van der Waals surface area (Å²) in [5.41, 5.74) is 2.25. The van der Waals surface area contributed by atoms with Crippen LogP contribution in [0.25, 0.3) is 0 Å². The van der Waals surface area contributed by atoms with Crippen LogP contribution in [0.2, 0.25) is 0 Å². The Labute approximate surface area is 155 Å². The van der Waals surface area contributed by atoms with Crippen LogP contribution in [-0.4, -0.2) is 78.4 Å². The smallest absolute Gasteiger partial charge is 0.317 e. The van der Waals surface area contributed by atoms with Crippen molar-refractivity contribution < 1.29 is 9.90 Å². The Bertz CT molecular complexity index is 625. The van der Waals surface area contributed by atoms with E-state index in [0.29, 0.717) is 12.1 Å². The zero-order chi connectivity index (χ0) is 18.5. The Morgan fingerprint density at radius 3 is 2.50 bits per heavy atom. The molecule has 0 bridgehead atoms. The number of nitrogens with two attached hydrogens (primary N) is 1. The third-order valence-electron chi connectivity index (χ3n) is 5.55. The van der Waals surface area contributed by atoms with Crippen LogP contribution < -0.4 is 10.7 Å². The van der Waals surface area contributed by atoms with Gasteiger partial charge in [0.25, 0.3) is 0 Å². The highest BCUT2D eigenvalue weighted by molar-refractivity contribution is 5.80. The molecule has 2 heterocycles. The van der Waals surface area contributed by atoms with Crippen LogP contribution in [0.1, 0.15) is 25.3 Å². The molecular weight excluding hydrogens is 330 g/mol. The molecule has 142 valence electrons. The number of piperazine rings is 1. The molecule has 0 radical (unpaired) electrons. The summed E-state index contributed by atoms with van der Waals surface area (Å²) >= 11 is 0. The van der Waals surface area contributed by atoms with Crippen LogP contribution in [0, 0.1) is 0 Å². The molecule has 26 heavy (non-hydrogen) atoms. The third kappa shape index (κ3) is 4.53. The van der Waals surface area contributed by atoms with E-state index in [1.54, 1.807) is 6.21 Å². The van der Waals surface area contributed by atoms with Crippen LogP contribution in [-0.2, 0) is 4.79 Å². The van der Waals surface area contributed by atoms with E-state index in [1.165, 1.54) is 5.69 Å². The maximum absolute atomic E-state index is 10.9. The highest BCUT2D eigenvalue weighted by Crippen LogP contribution is 2.24. The summed E-state index contributed by atoms with van der Waals surface area (Å²) in [5.74, 6) is 4.47. The number of carboxylic acid groups (broad SMARTS) is 1. The van der Waals surface area contributed by atoms with E-state index >= 15 is 0 Å². The summed E-state index contributed by atoms with van der Waals surface area (Å²) in [6.45, 7) is 7.31. The lowest BCUT2D eigenvalue weighted by atomic mass is 9.99. The molecule has 1 atom stereocenters. The number of piperidine rings is 1. The van der Waals surface area contributed by atoms with E-state index in [9.17, 15) is 4.79 Å². The maximum atomic E-state index is 10.9. The van der Waals surface area contributed by atoms with Crippen LogP contribution in [0.4, 0.5) is 5.69 Å². The topological polar surface area (TPSA) is 85.4 Å². The lowest BCUT2D eigenvalue weighted by Gasteiger charge is -2.47. The highest BCUT2D eigenvalue weighted by atomic mass is 16.4. The number of aliphatic carboxylic acids is 1. The van der Waals surface area contributed by atoms with Gasteiger partial charge < -0.3 is 15.8 Å². The SMILES string of the molecule is CC1CN(c2ccc(C=NN)cc2)CCN1C1CCN(CC(=O)O)CC1. The highest BCUT2D eigenvalue weighted by Gasteiger charge is 2.32. The van der Waals surface area contributed by atoms with Crippen molar-refractivity contribution in [3.05, 3.63) is 29.8 Å². The van der Waals surface area contributed by atoms with Crippen molar-refractivity contribution >= 4 is 17.9 Å². The summed E-state index contributed by atoms with van der Waals surface area (Å²) in [4.78, 5) is 18.0. The normalized spacial score (nSPS) is 23.6. The van der Waals surface area contributed by atoms with E-state index < -0.39 is 5.97 Å². The second-order valence-electron chi connectivity index (χ2n) is 7.30. The number of carboxylic acids is 1. The molecule has 2 aliphatic rings. The van der Waals surface area contributed by atoms with E-state index in [4.69, 9.17) is 10.9 Å². The van der Waals surface area contributed by atoms with Crippen molar-refractivity contribution in [3.8, 4) is 0 Å². The lowest BCUT2D eigenvalue weighted by molar-refractivity contribution is -0.138. The van der Waals surface area contributed by atoms with Crippen LogP contribution in [0.5, 0.6) is 0 Å². The number of anilines is 1. The quantitative estimate of drug-likeness (QED) is 0.464. The first kappa shape index (κ1) is 18.7. The second kappa shape index (κ2) is 8.51. The molecule has 3 N–H and O–H groups in total. The average molecular weight is 359 g/mol. The molecule has 7 nitrogen and oxygen atoms in total. The average Bonchev–Trinajstić information content (AvgIpc) is 2.63. The fourth-order valence-corrected chi connectivity index (χ4v) is 4.21. The molecule has 3 rings (SSSR count). The van der Waals surface area contributed by atoms with Gasteiger partial charge in [0.05, 0.1) is 12.8 Å². The molecule has 0 aliphatic carbocycles. The minimum atomic E-state index is -0.728.